The van der Waals surface area contributed by atoms with E-state index in [9.17, 15) is 4.39 Å². The molecule has 0 bridgehead atoms. The molecular weight excluding hydrogens is 315 g/mol. The standard InChI is InChI=1S/C17H12ClFN4/c18-15-8-14(3-2-13(15)9-20)22-10-12-1-4-17(16(19)7-12)23-6-5-21-11-23/h1-8,11,22H,10H2. The lowest BCUT2D eigenvalue weighted by atomic mass is 10.1. The Hall–Kier alpha value is -2.84. The van der Waals surface area contributed by atoms with Gasteiger partial charge in [-0.05, 0) is 35.9 Å². The maximum Gasteiger partial charge on any atom is 0.147 e. The predicted molar refractivity (Wildman–Crippen MR) is 87.0 cm³/mol. The summed E-state index contributed by atoms with van der Waals surface area (Å²) in [6.45, 7) is 0.448. The van der Waals surface area contributed by atoms with Crippen LogP contribution in [-0.4, -0.2) is 9.55 Å². The van der Waals surface area contributed by atoms with E-state index in [-0.39, 0.29) is 5.82 Å². The summed E-state index contributed by atoms with van der Waals surface area (Å²) in [4.78, 5) is 3.91. The molecule has 0 saturated carbocycles. The van der Waals surface area contributed by atoms with Gasteiger partial charge in [-0.15, -0.1) is 0 Å². The van der Waals surface area contributed by atoms with Gasteiger partial charge in [0, 0.05) is 24.6 Å². The van der Waals surface area contributed by atoms with E-state index in [0.29, 0.717) is 22.8 Å². The largest absolute Gasteiger partial charge is 0.381 e. The summed E-state index contributed by atoms with van der Waals surface area (Å²) in [6.07, 6.45) is 4.84. The first-order valence-electron chi connectivity index (χ1n) is 6.87. The van der Waals surface area contributed by atoms with Crippen molar-refractivity contribution >= 4 is 17.3 Å². The van der Waals surface area contributed by atoms with Gasteiger partial charge in [0.25, 0.3) is 0 Å². The number of halogens is 2. The van der Waals surface area contributed by atoms with Crippen molar-refractivity contribution in [1.82, 2.24) is 9.55 Å². The summed E-state index contributed by atoms with van der Waals surface area (Å²) in [5.74, 6) is -0.319. The number of anilines is 1. The monoisotopic (exact) mass is 326 g/mol. The molecule has 4 nitrogen and oxygen atoms in total. The smallest absolute Gasteiger partial charge is 0.147 e. The normalized spacial score (nSPS) is 10.3. The number of hydrogen-bond acceptors (Lipinski definition) is 3. The van der Waals surface area contributed by atoms with Crippen molar-refractivity contribution in [2.75, 3.05) is 5.32 Å². The molecule has 2 aromatic carbocycles. The Labute approximate surface area is 137 Å². The van der Waals surface area contributed by atoms with Crippen molar-refractivity contribution in [2.45, 2.75) is 6.54 Å². The topological polar surface area (TPSA) is 53.6 Å². The first-order valence-corrected chi connectivity index (χ1v) is 7.25. The van der Waals surface area contributed by atoms with Gasteiger partial charge < -0.3 is 9.88 Å². The second-order valence-corrected chi connectivity index (χ2v) is 5.32. The van der Waals surface area contributed by atoms with Crippen molar-refractivity contribution in [1.29, 1.82) is 5.26 Å². The van der Waals surface area contributed by atoms with Gasteiger partial charge in [-0.1, -0.05) is 17.7 Å². The van der Waals surface area contributed by atoms with Gasteiger partial charge in [0.1, 0.15) is 11.9 Å². The number of nitriles is 1. The van der Waals surface area contributed by atoms with E-state index >= 15 is 0 Å². The zero-order valence-corrected chi connectivity index (χ0v) is 12.8. The van der Waals surface area contributed by atoms with Crippen LogP contribution in [0.15, 0.2) is 55.1 Å². The molecule has 6 heteroatoms. The van der Waals surface area contributed by atoms with E-state index in [4.69, 9.17) is 16.9 Å². The van der Waals surface area contributed by atoms with Crippen LogP contribution in [0.2, 0.25) is 5.02 Å². The van der Waals surface area contributed by atoms with Crippen molar-refractivity contribution in [3.05, 3.63) is 77.1 Å². The molecule has 0 unspecified atom stereocenters. The molecule has 1 aromatic heterocycles. The summed E-state index contributed by atoms with van der Waals surface area (Å²) >= 11 is 5.98. The fraction of sp³-hybridized carbons (Fsp3) is 0.0588. The Morgan fingerprint density at radius 2 is 2.13 bits per heavy atom. The number of hydrogen-bond donors (Lipinski definition) is 1. The maximum atomic E-state index is 14.2. The second kappa shape index (κ2) is 6.51. The minimum Gasteiger partial charge on any atom is -0.381 e. The molecule has 23 heavy (non-hydrogen) atoms. The van der Waals surface area contributed by atoms with Gasteiger partial charge in [0.05, 0.1) is 22.6 Å². The van der Waals surface area contributed by atoms with Crippen LogP contribution in [-0.2, 0) is 6.54 Å². The van der Waals surface area contributed by atoms with E-state index in [1.54, 1.807) is 47.6 Å². The number of nitrogens with zero attached hydrogens (tertiary/aromatic N) is 3. The minimum atomic E-state index is -0.319. The lowest BCUT2D eigenvalue weighted by Crippen LogP contribution is -2.02. The second-order valence-electron chi connectivity index (χ2n) is 4.92. The van der Waals surface area contributed by atoms with Gasteiger partial charge in [-0.2, -0.15) is 5.26 Å². The highest BCUT2D eigenvalue weighted by Crippen LogP contribution is 2.21. The molecule has 1 heterocycles. The van der Waals surface area contributed by atoms with Crippen molar-refractivity contribution in [3.8, 4) is 11.8 Å². The SMILES string of the molecule is N#Cc1ccc(NCc2ccc(-n3ccnc3)c(F)c2)cc1Cl. The summed E-state index contributed by atoms with van der Waals surface area (Å²) in [6, 6.07) is 12.1. The van der Waals surface area contributed by atoms with Crippen LogP contribution in [0.4, 0.5) is 10.1 Å². The average molecular weight is 327 g/mol. The molecule has 0 aliphatic rings. The van der Waals surface area contributed by atoms with Gasteiger partial charge in [-0.3, -0.25) is 0 Å². The Morgan fingerprint density at radius 1 is 1.26 bits per heavy atom. The highest BCUT2D eigenvalue weighted by atomic mass is 35.5. The van der Waals surface area contributed by atoms with E-state index in [2.05, 4.69) is 10.3 Å². The van der Waals surface area contributed by atoms with E-state index in [1.807, 2.05) is 12.1 Å². The number of benzene rings is 2. The fourth-order valence-corrected chi connectivity index (χ4v) is 2.41. The Morgan fingerprint density at radius 3 is 2.78 bits per heavy atom. The average Bonchev–Trinajstić information content (AvgIpc) is 3.07. The van der Waals surface area contributed by atoms with Crippen molar-refractivity contribution < 1.29 is 4.39 Å². The minimum absolute atomic E-state index is 0.319. The number of nitrogens with one attached hydrogen (secondary N) is 1. The van der Waals surface area contributed by atoms with Crippen LogP contribution in [0.25, 0.3) is 5.69 Å². The zero-order valence-electron chi connectivity index (χ0n) is 12.0. The lowest BCUT2D eigenvalue weighted by molar-refractivity contribution is 0.616. The van der Waals surface area contributed by atoms with E-state index < -0.39 is 0 Å². The Bertz CT molecular complexity index is 869. The van der Waals surface area contributed by atoms with Crippen LogP contribution >= 0.6 is 11.6 Å². The summed E-state index contributed by atoms with van der Waals surface area (Å²) in [5.41, 5.74) is 2.44. The van der Waals surface area contributed by atoms with Gasteiger partial charge in [0.2, 0.25) is 0 Å². The van der Waals surface area contributed by atoms with Crippen LogP contribution in [0.3, 0.4) is 0 Å². The molecule has 3 rings (SSSR count). The number of aromatic nitrogens is 2. The fourth-order valence-electron chi connectivity index (χ4n) is 2.19. The van der Waals surface area contributed by atoms with Crippen molar-refractivity contribution in [2.24, 2.45) is 0 Å². The highest BCUT2D eigenvalue weighted by Gasteiger charge is 2.06. The quantitative estimate of drug-likeness (QED) is 0.783. The molecule has 0 radical (unpaired) electrons. The lowest BCUT2D eigenvalue weighted by Gasteiger charge is -2.10. The van der Waals surface area contributed by atoms with E-state index in [0.717, 1.165) is 11.3 Å². The van der Waals surface area contributed by atoms with Crippen LogP contribution in [0.5, 0.6) is 0 Å². The number of rotatable bonds is 4. The summed E-state index contributed by atoms with van der Waals surface area (Å²) < 4.78 is 15.8. The first-order chi connectivity index (χ1) is 11.2. The van der Waals surface area contributed by atoms with Gasteiger partial charge >= 0.3 is 0 Å². The van der Waals surface area contributed by atoms with Crippen LogP contribution in [0, 0.1) is 17.1 Å². The molecule has 0 aliphatic carbocycles. The third-order valence-corrected chi connectivity index (χ3v) is 3.69. The Balaban J connectivity index is 1.73. The molecule has 1 N–H and O–H groups in total. The zero-order chi connectivity index (χ0) is 16.2. The molecule has 0 saturated heterocycles. The van der Waals surface area contributed by atoms with Gasteiger partial charge in [0.15, 0.2) is 0 Å². The van der Waals surface area contributed by atoms with E-state index in [1.165, 1.54) is 6.07 Å². The highest BCUT2D eigenvalue weighted by molar-refractivity contribution is 6.32. The van der Waals surface area contributed by atoms with Crippen LogP contribution in [0.1, 0.15) is 11.1 Å². The third kappa shape index (κ3) is 3.33. The molecule has 0 aliphatic heterocycles. The molecule has 0 atom stereocenters. The maximum absolute atomic E-state index is 14.2. The van der Waals surface area contributed by atoms with Gasteiger partial charge in [-0.25, -0.2) is 9.37 Å². The molecule has 114 valence electrons. The molecular formula is C17H12ClFN4. The molecule has 0 fully saturated rings. The number of imidazole rings is 1. The molecule has 3 aromatic rings. The Kier molecular flexibility index (Phi) is 4.26. The summed E-state index contributed by atoms with van der Waals surface area (Å²) in [7, 11) is 0. The predicted octanol–water partition coefficient (Wildman–Crippen LogP) is 4.15. The molecule has 0 spiro atoms. The molecule has 0 amide bonds. The third-order valence-electron chi connectivity index (χ3n) is 3.38. The van der Waals surface area contributed by atoms with Crippen LogP contribution < -0.4 is 5.32 Å². The summed E-state index contributed by atoms with van der Waals surface area (Å²) in [5, 5.41) is 12.4. The first kappa shape index (κ1) is 15.1. The van der Waals surface area contributed by atoms with Crippen molar-refractivity contribution in [3.63, 3.8) is 0 Å².